The van der Waals surface area contributed by atoms with E-state index in [9.17, 15) is 9.59 Å². The summed E-state index contributed by atoms with van der Waals surface area (Å²) in [5.41, 5.74) is 2.11. The first-order valence-electron chi connectivity index (χ1n) is 10.6. The molecule has 2 aliphatic heterocycles. The highest BCUT2D eigenvalue weighted by Gasteiger charge is 2.28. The maximum Gasteiger partial charge on any atom is 0.222 e. The average molecular weight is 371 g/mol. The molecule has 0 spiro atoms. The fourth-order valence-electron chi connectivity index (χ4n) is 4.35. The molecule has 0 bridgehead atoms. The lowest BCUT2D eigenvalue weighted by Gasteiger charge is -2.31. The van der Waals surface area contributed by atoms with Gasteiger partial charge in [0.05, 0.1) is 0 Å². The fourth-order valence-corrected chi connectivity index (χ4v) is 4.35. The highest BCUT2D eigenvalue weighted by molar-refractivity contribution is 5.98. The van der Waals surface area contributed by atoms with Crippen molar-refractivity contribution in [3.63, 3.8) is 0 Å². The van der Waals surface area contributed by atoms with Crippen LogP contribution < -0.4 is 5.32 Å². The number of benzene rings is 1. The molecule has 1 aromatic rings. The van der Waals surface area contributed by atoms with Gasteiger partial charge in [-0.2, -0.15) is 0 Å². The molecule has 2 heterocycles. The van der Waals surface area contributed by atoms with Crippen LogP contribution in [0.25, 0.3) is 0 Å². The predicted octanol–water partition coefficient (Wildman–Crippen LogP) is 3.70. The number of carbonyl (C=O) groups excluding carboxylic acids is 2. The Morgan fingerprint density at radius 1 is 1.11 bits per heavy atom. The topological polar surface area (TPSA) is 49.4 Å². The minimum atomic E-state index is 0.0593. The minimum absolute atomic E-state index is 0.0593. The molecule has 4 heteroatoms. The number of Topliss-reactive ketones (excluding diaryl/α,β-unsaturated/α-hetero) is 1. The number of hydrogen-bond donors (Lipinski definition) is 1. The van der Waals surface area contributed by atoms with Crippen molar-refractivity contribution in [2.45, 2.75) is 52.4 Å². The number of hydrogen-bond acceptors (Lipinski definition) is 3. The van der Waals surface area contributed by atoms with Gasteiger partial charge in [0.15, 0.2) is 5.78 Å². The zero-order valence-corrected chi connectivity index (χ0v) is 16.9. The van der Waals surface area contributed by atoms with E-state index in [4.69, 9.17) is 0 Å². The number of nitrogens with one attached hydrogen (secondary N) is 1. The molecule has 1 aromatic carbocycles. The number of likely N-dealkylation sites (tertiary alicyclic amines) is 1. The number of amides is 1. The summed E-state index contributed by atoms with van der Waals surface area (Å²) < 4.78 is 0. The molecule has 0 aromatic heterocycles. The second kappa shape index (κ2) is 9.50. The molecule has 1 N–H and O–H groups in total. The molecule has 1 amide bonds. The van der Waals surface area contributed by atoms with Crippen molar-refractivity contribution in [1.82, 2.24) is 10.2 Å². The van der Waals surface area contributed by atoms with E-state index in [2.05, 4.69) is 31.3 Å². The molecule has 4 nitrogen and oxygen atoms in total. The maximum atomic E-state index is 12.8. The van der Waals surface area contributed by atoms with E-state index in [-0.39, 0.29) is 17.6 Å². The van der Waals surface area contributed by atoms with Gasteiger partial charge in [0.25, 0.3) is 0 Å². The smallest absolute Gasteiger partial charge is 0.222 e. The van der Waals surface area contributed by atoms with Crippen LogP contribution in [0.15, 0.2) is 24.3 Å². The molecule has 0 aliphatic carbocycles. The highest BCUT2D eigenvalue weighted by Crippen LogP contribution is 2.24. The second-order valence-corrected chi connectivity index (χ2v) is 8.71. The van der Waals surface area contributed by atoms with E-state index in [0.29, 0.717) is 18.3 Å². The van der Waals surface area contributed by atoms with E-state index in [1.807, 2.05) is 17.0 Å². The summed E-state index contributed by atoms with van der Waals surface area (Å²) in [7, 11) is 0. The first-order chi connectivity index (χ1) is 13.0. The number of rotatable bonds is 7. The molecule has 3 rings (SSSR count). The quantitative estimate of drug-likeness (QED) is 0.745. The van der Waals surface area contributed by atoms with Crippen LogP contribution in [0.3, 0.4) is 0 Å². The van der Waals surface area contributed by atoms with E-state index >= 15 is 0 Å². The minimum Gasteiger partial charge on any atom is -0.343 e. The van der Waals surface area contributed by atoms with Crippen LogP contribution in [-0.4, -0.2) is 42.8 Å². The summed E-state index contributed by atoms with van der Waals surface area (Å²) in [5.74, 6) is 1.86. The van der Waals surface area contributed by atoms with Crippen LogP contribution in [0.5, 0.6) is 0 Å². The van der Waals surface area contributed by atoms with Gasteiger partial charge in [-0.1, -0.05) is 38.1 Å². The third kappa shape index (κ3) is 5.65. The monoisotopic (exact) mass is 370 g/mol. The van der Waals surface area contributed by atoms with Gasteiger partial charge >= 0.3 is 0 Å². The number of piperidine rings is 1. The van der Waals surface area contributed by atoms with E-state index in [0.717, 1.165) is 57.4 Å². The lowest BCUT2D eigenvalue weighted by molar-refractivity contribution is -0.132. The van der Waals surface area contributed by atoms with E-state index in [1.54, 1.807) is 0 Å². The van der Waals surface area contributed by atoms with Crippen LogP contribution in [0.2, 0.25) is 0 Å². The predicted molar refractivity (Wildman–Crippen MR) is 109 cm³/mol. The highest BCUT2D eigenvalue weighted by atomic mass is 16.2. The Hall–Kier alpha value is -1.68. The van der Waals surface area contributed by atoms with Crippen molar-refractivity contribution in [3.8, 4) is 0 Å². The first kappa shape index (κ1) is 20.1. The molecule has 148 valence electrons. The van der Waals surface area contributed by atoms with E-state index in [1.165, 1.54) is 12.0 Å². The van der Waals surface area contributed by atoms with Crippen LogP contribution in [0.1, 0.15) is 61.9 Å². The Bertz CT molecular complexity index is 624. The average Bonchev–Trinajstić information content (AvgIpc) is 3.19. The third-order valence-electron chi connectivity index (χ3n) is 6.03. The molecular weight excluding hydrogens is 336 g/mol. The van der Waals surface area contributed by atoms with Gasteiger partial charge in [-0.3, -0.25) is 9.59 Å². The molecule has 0 radical (unpaired) electrons. The number of nitrogens with zero attached hydrogens (tertiary/aromatic N) is 1. The Labute approximate surface area is 163 Å². The van der Waals surface area contributed by atoms with E-state index < -0.39 is 0 Å². The Morgan fingerprint density at radius 2 is 1.81 bits per heavy atom. The van der Waals surface area contributed by atoms with Crippen molar-refractivity contribution < 1.29 is 9.59 Å². The number of ketones is 1. The molecule has 2 saturated heterocycles. The SMILES string of the molecule is CC(C)Cc1ccc(C(=O)C2CCN(C(=O)CCC3CCNC3)CC2)cc1. The normalized spacial score (nSPS) is 21.0. The van der Waals surface area contributed by atoms with Crippen LogP contribution >= 0.6 is 0 Å². The summed E-state index contributed by atoms with van der Waals surface area (Å²) >= 11 is 0. The molecule has 2 aliphatic rings. The fraction of sp³-hybridized carbons (Fsp3) is 0.652. The van der Waals surface area contributed by atoms with Gasteiger partial charge in [-0.25, -0.2) is 0 Å². The summed E-state index contributed by atoms with van der Waals surface area (Å²) in [5, 5.41) is 3.36. The lowest BCUT2D eigenvalue weighted by atomic mass is 9.88. The summed E-state index contributed by atoms with van der Waals surface area (Å²) in [6.07, 6.45) is 5.48. The van der Waals surface area contributed by atoms with Crippen molar-refractivity contribution in [3.05, 3.63) is 35.4 Å². The standard InChI is InChI=1S/C23H34N2O2/c1-17(2)15-18-3-6-20(7-4-18)23(27)21-10-13-25(14-11-21)22(26)8-5-19-9-12-24-16-19/h3-4,6-7,17,19,21,24H,5,8-16H2,1-2H3. The lowest BCUT2D eigenvalue weighted by Crippen LogP contribution is -2.40. The zero-order valence-electron chi connectivity index (χ0n) is 16.9. The summed E-state index contributed by atoms with van der Waals surface area (Å²) in [6, 6.07) is 8.13. The van der Waals surface area contributed by atoms with Gasteiger partial charge in [-0.05, 0) is 62.6 Å². The third-order valence-corrected chi connectivity index (χ3v) is 6.03. The molecular formula is C23H34N2O2. The van der Waals surface area contributed by atoms with Crippen LogP contribution in [0, 0.1) is 17.8 Å². The second-order valence-electron chi connectivity index (χ2n) is 8.71. The van der Waals surface area contributed by atoms with Gasteiger partial charge in [0, 0.05) is 31.0 Å². The Balaban J connectivity index is 1.45. The van der Waals surface area contributed by atoms with Crippen molar-refractivity contribution in [2.24, 2.45) is 17.8 Å². The van der Waals surface area contributed by atoms with Crippen LogP contribution in [-0.2, 0) is 11.2 Å². The van der Waals surface area contributed by atoms with Gasteiger partial charge in [0.2, 0.25) is 5.91 Å². The van der Waals surface area contributed by atoms with Crippen molar-refractivity contribution >= 4 is 11.7 Å². The van der Waals surface area contributed by atoms with Crippen molar-refractivity contribution in [2.75, 3.05) is 26.2 Å². The molecule has 27 heavy (non-hydrogen) atoms. The molecule has 1 atom stereocenters. The molecule has 1 unspecified atom stereocenters. The summed E-state index contributed by atoms with van der Waals surface area (Å²) in [4.78, 5) is 27.2. The zero-order chi connectivity index (χ0) is 19.2. The maximum absolute atomic E-state index is 12.8. The van der Waals surface area contributed by atoms with Crippen LogP contribution in [0.4, 0.5) is 0 Å². The van der Waals surface area contributed by atoms with Gasteiger partial charge < -0.3 is 10.2 Å². The molecule has 2 fully saturated rings. The summed E-state index contributed by atoms with van der Waals surface area (Å²) in [6.45, 7) is 8.01. The van der Waals surface area contributed by atoms with Crippen molar-refractivity contribution in [1.29, 1.82) is 0 Å². The Kier molecular flexibility index (Phi) is 7.06. The largest absolute Gasteiger partial charge is 0.343 e. The van der Waals surface area contributed by atoms with Gasteiger partial charge in [0.1, 0.15) is 0 Å². The van der Waals surface area contributed by atoms with Gasteiger partial charge in [-0.15, -0.1) is 0 Å². The first-order valence-corrected chi connectivity index (χ1v) is 10.6. The Morgan fingerprint density at radius 3 is 2.41 bits per heavy atom. The number of carbonyl (C=O) groups is 2. The molecule has 0 saturated carbocycles.